The molecule has 2 aromatic rings. The number of phenolic OH excluding ortho intramolecular Hbond substituents is 1. The zero-order chi connectivity index (χ0) is 17.8. The Morgan fingerprint density at radius 1 is 0.960 bits per heavy atom. The summed E-state index contributed by atoms with van der Waals surface area (Å²) in [6, 6.07) is 14.2. The van der Waals surface area contributed by atoms with Gasteiger partial charge in [-0.25, -0.2) is 0 Å². The number of carbonyl (C=O) groups excluding carboxylic acids is 2. The maximum atomic E-state index is 12.8. The van der Waals surface area contributed by atoms with Crippen LogP contribution in [0.4, 0.5) is 0 Å². The van der Waals surface area contributed by atoms with E-state index in [2.05, 4.69) is 4.90 Å². The van der Waals surface area contributed by atoms with E-state index in [4.69, 9.17) is 0 Å². The summed E-state index contributed by atoms with van der Waals surface area (Å²) in [5.41, 5.74) is 2.02. The van der Waals surface area contributed by atoms with Crippen molar-refractivity contribution >= 4 is 11.7 Å². The zero-order valence-electron chi connectivity index (χ0n) is 14.3. The second kappa shape index (κ2) is 7.49. The van der Waals surface area contributed by atoms with E-state index in [0.717, 1.165) is 25.2 Å². The molecule has 5 heteroatoms. The highest BCUT2D eigenvalue weighted by Crippen LogP contribution is 2.17. The standard InChI is InChI=1S/C20H22N2O3/c1-15(23)18-7-2-3-8-19(18)20(25)22-11-9-21(10-12-22)14-16-5-4-6-17(24)13-16/h2-8,13,24H,9-12,14H2,1H3. The van der Waals surface area contributed by atoms with E-state index in [-0.39, 0.29) is 17.4 Å². The largest absolute Gasteiger partial charge is 0.508 e. The summed E-state index contributed by atoms with van der Waals surface area (Å²) >= 11 is 0. The smallest absolute Gasteiger partial charge is 0.254 e. The van der Waals surface area contributed by atoms with E-state index in [1.165, 1.54) is 6.92 Å². The molecule has 0 spiro atoms. The van der Waals surface area contributed by atoms with Crippen LogP contribution in [-0.4, -0.2) is 52.8 Å². The molecule has 0 saturated carbocycles. The lowest BCUT2D eigenvalue weighted by molar-refractivity contribution is 0.0625. The highest BCUT2D eigenvalue weighted by atomic mass is 16.3. The third kappa shape index (κ3) is 4.06. The molecule has 0 radical (unpaired) electrons. The van der Waals surface area contributed by atoms with Crippen LogP contribution in [0.2, 0.25) is 0 Å². The number of rotatable bonds is 4. The minimum Gasteiger partial charge on any atom is -0.508 e. The molecule has 25 heavy (non-hydrogen) atoms. The third-order valence-corrected chi connectivity index (χ3v) is 4.51. The van der Waals surface area contributed by atoms with E-state index in [0.29, 0.717) is 24.2 Å². The van der Waals surface area contributed by atoms with Gasteiger partial charge in [-0.2, -0.15) is 0 Å². The van der Waals surface area contributed by atoms with E-state index in [1.54, 1.807) is 41.3 Å². The topological polar surface area (TPSA) is 60.9 Å². The summed E-state index contributed by atoms with van der Waals surface area (Å²) < 4.78 is 0. The van der Waals surface area contributed by atoms with Crippen LogP contribution in [0.3, 0.4) is 0 Å². The molecular weight excluding hydrogens is 316 g/mol. The van der Waals surface area contributed by atoms with Crippen LogP contribution < -0.4 is 0 Å². The summed E-state index contributed by atoms with van der Waals surface area (Å²) in [5, 5.41) is 9.56. The molecule has 0 atom stereocenters. The fraction of sp³-hybridized carbons (Fsp3) is 0.300. The monoisotopic (exact) mass is 338 g/mol. The van der Waals surface area contributed by atoms with Gasteiger partial charge in [0.2, 0.25) is 0 Å². The normalized spacial score (nSPS) is 15.2. The molecule has 0 aromatic heterocycles. The number of Topliss-reactive ketones (excluding diaryl/α,β-unsaturated/α-hetero) is 1. The van der Waals surface area contributed by atoms with E-state index >= 15 is 0 Å². The molecule has 1 heterocycles. The van der Waals surface area contributed by atoms with Gasteiger partial charge in [-0.05, 0) is 30.7 Å². The Bertz CT molecular complexity index is 780. The molecule has 0 bridgehead atoms. The average molecular weight is 338 g/mol. The van der Waals surface area contributed by atoms with Crippen LogP contribution >= 0.6 is 0 Å². The molecule has 1 aliphatic rings. The number of benzene rings is 2. The number of hydrogen-bond donors (Lipinski definition) is 1. The minimum absolute atomic E-state index is 0.0807. The molecule has 130 valence electrons. The molecule has 1 amide bonds. The van der Waals surface area contributed by atoms with E-state index < -0.39 is 0 Å². The number of piperazine rings is 1. The van der Waals surface area contributed by atoms with Crippen LogP contribution in [0, 0.1) is 0 Å². The van der Waals surface area contributed by atoms with Gasteiger partial charge >= 0.3 is 0 Å². The van der Waals surface area contributed by atoms with Crippen LogP contribution in [0.1, 0.15) is 33.2 Å². The van der Waals surface area contributed by atoms with Crippen molar-refractivity contribution in [3.8, 4) is 5.75 Å². The second-order valence-corrected chi connectivity index (χ2v) is 6.34. The van der Waals surface area contributed by atoms with Gasteiger partial charge in [0.1, 0.15) is 5.75 Å². The first-order valence-corrected chi connectivity index (χ1v) is 8.44. The number of amides is 1. The molecule has 0 unspecified atom stereocenters. The Kier molecular flexibility index (Phi) is 5.14. The van der Waals surface area contributed by atoms with E-state index in [1.807, 2.05) is 12.1 Å². The van der Waals surface area contributed by atoms with Gasteiger partial charge in [-0.1, -0.05) is 30.3 Å². The Morgan fingerprint density at radius 3 is 2.28 bits per heavy atom. The van der Waals surface area contributed by atoms with Gasteiger partial charge in [0.15, 0.2) is 5.78 Å². The molecule has 1 saturated heterocycles. The molecule has 2 aromatic carbocycles. The summed E-state index contributed by atoms with van der Waals surface area (Å²) in [7, 11) is 0. The van der Waals surface area contributed by atoms with Gasteiger partial charge in [0.05, 0.1) is 5.56 Å². The number of hydrogen-bond acceptors (Lipinski definition) is 4. The van der Waals surface area contributed by atoms with Gasteiger partial charge in [0.25, 0.3) is 5.91 Å². The highest BCUT2D eigenvalue weighted by Gasteiger charge is 2.24. The number of carbonyl (C=O) groups is 2. The van der Waals surface area contributed by atoms with Crippen LogP contribution in [0.5, 0.6) is 5.75 Å². The van der Waals surface area contributed by atoms with Crippen molar-refractivity contribution in [2.75, 3.05) is 26.2 Å². The molecule has 1 fully saturated rings. The second-order valence-electron chi connectivity index (χ2n) is 6.34. The highest BCUT2D eigenvalue weighted by molar-refractivity contribution is 6.07. The lowest BCUT2D eigenvalue weighted by atomic mass is 10.0. The lowest BCUT2D eigenvalue weighted by Gasteiger charge is -2.35. The van der Waals surface area contributed by atoms with Gasteiger partial charge in [-0.15, -0.1) is 0 Å². The van der Waals surface area contributed by atoms with Gasteiger partial charge in [0, 0.05) is 38.3 Å². The summed E-state index contributed by atoms with van der Waals surface area (Å²) in [6.45, 7) is 5.03. The maximum absolute atomic E-state index is 12.8. The first-order chi connectivity index (χ1) is 12.0. The fourth-order valence-corrected chi connectivity index (χ4v) is 3.17. The minimum atomic E-state index is -0.0912. The number of phenols is 1. The number of ketones is 1. The third-order valence-electron chi connectivity index (χ3n) is 4.51. The molecule has 1 N–H and O–H groups in total. The summed E-state index contributed by atoms with van der Waals surface area (Å²) in [5.74, 6) is 0.0985. The zero-order valence-corrected chi connectivity index (χ0v) is 14.3. The quantitative estimate of drug-likeness (QED) is 0.871. The molecule has 3 rings (SSSR count). The van der Waals surface area contributed by atoms with Gasteiger partial charge < -0.3 is 10.0 Å². The van der Waals surface area contributed by atoms with Crippen molar-refractivity contribution in [2.45, 2.75) is 13.5 Å². The Labute approximate surface area is 147 Å². The molecule has 5 nitrogen and oxygen atoms in total. The van der Waals surface area contributed by atoms with Crippen molar-refractivity contribution in [1.29, 1.82) is 0 Å². The molecule has 0 aliphatic carbocycles. The van der Waals surface area contributed by atoms with Crippen molar-refractivity contribution < 1.29 is 14.7 Å². The first-order valence-electron chi connectivity index (χ1n) is 8.44. The van der Waals surface area contributed by atoms with Crippen molar-refractivity contribution in [3.05, 3.63) is 65.2 Å². The lowest BCUT2D eigenvalue weighted by Crippen LogP contribution is -2.48. The first kappa shape index (κ1) is 17.2. The Morgan fingerprint density at radius 2 is 1.64 bits per heavy atom. The summed E-state index contributed by atoms with van der Waals surface area (Å²) in [6.07, 6.45) is 0. The average Bonchev–Trinajstić information content (AvgIpc) is 2.62. The SMILES string of the molecule is CC(=O)c1ccccc1C(=O)N1CCN(Cc2cccc(O)c2)CC1. The Balaban J connectivity index is 1.62. The maximum Gasteiger partial charge on any atom is 0.254 e. The predicted octanol–water partition coefficient (Wildman–Crippen LogP) is 2.55. The van der Waals surface area contributed by atoms with Crippen LogP contribution in [-0.2, 0) is 6.54 Å². The van der Waals surface area contributed by atoms with Crippen LogP contribution in [0.15, 0.2) is 48.5 Å². The summed E-state index contributed by atoms with van der Waals surface area (Å²) in [4.78, 5) is 28.6. The van der Waals surface area contributed by atoms with Crippen LogP contribution in [0.25, 0.3) is 0 Å². The molecular formula is C20H22N2O3. The number of nitrogens with zero attached hydrogens (tertiary/aromatic N) is 2. The van der Waals surface area contributed by atoms with E-state index in [9.17, 15) is 14.7 Å². The van der Waals surface area contributed by atoms with Crippen molar-refractivity contribution in [3.63, 3.8) is 0 Å². The van der Waals surface area contributed by atoms with Crippen molar-refractivity contribution in [1.82, 2.24) is 9.80 Å². The fourth-order valence-electron chi connectivity index (χ4n) is 3.17. The molecule has 1 aliphatic heterocycles. The Hall–Kier alpha value is -2.66. The number of aromatic hydroxyl groups is 1. The van der Waals surface area contributed by atoms with Gasteiger partial charge in [-0.3, -0.25) is 14.5 Å². The predicted molar refractivity (Wildman–Crippen MR) is 95.7 cm³/mol. The van der Waals surface area contributed by atoms with Crippen molar-refractivity contribution in [2.24, 2.45) is 0 Å².